The minimum Gasteiger partial charge on any atom is -0.338 e. The molecule has 0 aliphatic carbocycles. The number of aryl methyl sites for hydroxylation is 1. The van der Waals surface area contributed by atoms with Crippen LogP contribution in [0.3, 0.4) is 0 Å². The Morgan fingerprint density at radius 2 is 2.27 bits per heavy atom. The first-order valence-corrected chi connectivity index (χ1v) is 7.74. The molecule has 6 nitrogen and oxygen atoms in total. The fourth-order valence-corrected chi connectivity index (χ4v) is 3.62. The molecule has 1 atom stereocenters. The number of carbonyl (C=O) groups is 2. The second-order valence-corrected chi connectivity index (χ2v) is 6.30. The maximum atomic E-state index is 12.7. The average molecular weight is 302 g/mol. The molecule has 0 radical (unpaired) electrons. The molecule has 2 aliphatic heterocycles. The monoisotopic (exact) mass is 302 g/mol. The van der Waals surface area contributed by atoms with Crippen molar-refractivity contribution in [3.05, 3.63) is 30.6 Å². The van der Waals surface area contributed by atoms with E-state index in [2.05, 4.69) is 11.7 Å². The number of piperidine rings is 1. The van der Waals surface area contributed by atoms with Crippen molar-refractivity contribution < 1.29 is 9.59 Å². The number of carbonyl (C=O) groups excluding carboxylic acids is 2. The van der Waals surface area contributed by atoms with Gasteiger partial charge in [0.15, 0.2) is 0 Å². The van der Waals surface area contributed by atoms with E-state index in [1.165, 1.54) is 0 Å². The van der Waals surface area contributed by atoms with Crippen molar-refractivity contribution in [3.63, 3.8) is 0 Å². The Morgan fingerprint density at radius 1 is 1.45 bits per heavy atom. The molecule has 22 heavy (non-hydrogen) atoms. The fraction of sp³-hybridized carbons (Fsp3) is 0.562. The van der Waals surface area contributed by atoms with Crippen LogP contribution < -0.4 is 0 Å². The third-order valence-corrected chi connectivity index (χ3v) is 4.77. The zero-order valence-corrected chi connectivity index (χ0v) is 13.0. The van der Waals surface area contributed by atoms with Gasteiger partial charge in [-0.25, -0.2) is 0 Å². The van der Waals surface area contributed by atoms with E-state index < -0.39 is 0 Å². The lowest BCUT2D eigenvalue weighted by atomic mass is 9.78. The van der Waals surface area contributed by atoms with Crippen LogP contribution in [0.4, 0.5) is 0 Å². The fourth-order valence-electron chi connectivity index (χ4n) is 3.62. The summed E-state index contributed by atoms with van der Waals surface area (Å²) in [6.07, 6.45) is 7.65. The Hall–Kier alpha value is -2.11. The van der Waals surface area contributed by atoms with E-state index in [1.54, 1.807) is 30.2 Å². The first-order chi connectivity index (χ1) is 10.6. The van der Waals surface area contributed by atoms with Gasteiger partial charge in [0, 0.05) is 39.4 Å². The Labute approximate surface area is 130 Å². The van der Waals surface area contributed by atoms with Gasteiger partial charge in [-0.1, -0.05) is 6.08 Å². The van der Waals surface area contributed by atoms with Crippen LogP contribution in [0.2, 0.25) is 0 Å². The van der Waals surface area contributed by atoms with Crippen molar-refractivity contribution >= 4 is 11.8 Å². The van der Waals surface area contributed by atoms with Gasteiger partial charge < -0.3 is 9.80 Å². The van der Waals surface area contributed by atoms with Gasteiger partial charge in [0.05, 0.1) is 17.2 Å². The normalized spacial score (nSPS) is 25.0. The number of nitrogens with zero attached hydrogens (tertiary/aromatic N) is 4. The summed E-state index contributed by atoms with van der Waals surface area (Å²) in [6, 6.07) is 0. The van der Waals surface area contributed by atoms with E-state index in [0.717, 1.165) is 25.8 Å². The van der Waals surface area contributed by atoms with Crippen molar-refractivity contribution in [1.82, 2.24) is 19.6 Å². The van der Waals surface area contributed by atoms with Crippen LogP contribution in [0.5, 0.6) is 0 Å². The van der Waals surface area contributed by atoms with Crippen molar-refractivity contribution in [3.8, 4) is 0 Å². The second kappa shape index (κ2) is 5.59. The van der Waals surface area contributed by atoms with E-state index >= 15 is 0 Å². The summed E-state index contributed by atoms with van der Waals surface area (Å²) in [5.41, 5.74) is 0.201. The maximum Gasteiger partial charge on any atom is 0.257 e. The summed E-state index contributed by atoms with van der Waals surface area (Å²) in [5, 5.41) is 4.06. The van der Waals surface area contributed by atoms with Crippen LogP contribution in [-0.2, 0) is 11.8 Å². The van der Waals surface area contributed by atoms with Gasteiger partial charge in [-0.05, 0) is 19.3 Å². The molecule has 3 heterocycles. The van der Waals surface area contributed by atoms with Gasteiger partial charge >= 0.3 is 0 Å². The summed E-state index contributed by atoms with van der Waals surface area (Å²) in [6.45, 7) is 6.30. The molecule has 0 N–H and O–H groups in total. The Bertz CT molecular complexity index is 609. The van der Waals surface area contributed by atoms with Crippen molar-refractivity contribution in [2.24, 2.45) is 12.5 Å². The molecule has 1 spiro atoms. The SMILES string of the molecule is C=CCN1CC[C@@]2(CCCN(C(=O)c3cnn(C)c3)C2)C1=O. The summed E-state index contributed by atoms with van der Waals surface area (Å²) >= 11 is 0. The molecule has 0 aromatic carbocycles. The third kappa shape index (κ3) is 2.42. The van der Waals surface area contributed by atoms with Gasteiger partial charge in [0.1, 0.15) is 0 Å². The predicted octanol–water partition coefficient (Wildman–Crippen LogP) is 1.06. The highest BCUT2D eigenvalue weighted by atomic mass is 16.2. The van der Waals surface area contributed by atoms with Crippen molar-refractivity contribution in [1.29, 1.82) is 0 Å². The van der Waals surface area contributed by atoms with E-state index in [0.29, 0.717) is 25.2 Å². The molecule has 2 fully saturated rings. The van der Waals surface area contributed by atoms with Crippen molar-refractivity contribution in [2.45, 2.75) is 19.3 Å². The topological polar surface area (TPSA) is 58.4 Å². The zero-order valence-electron chi connectivity index (χ0n) is 13.0. The first kappa shape index (κ1) is 14.8. The maximum absolute atomic E-state index is 12.7. The molecule has 2 amide bonds. The van der Waals surface area contributed by atoms with Gasteiger partial charge in [-0.3, -0.25) is 14.3 Å². The highest BCUT2D eigenvalue weighted by molar-refractivity contribution is 5.94. The van der Waals surface area contributed by atoms with Crippen molar-refractivity contribution in [2.75, 3.05) is 26.2 Å². The van der Waals surface area contributed by atoms with Gasteiger partial charge in [-0.15, -0.1) is 6.58 Å². The van der Waals surface area contributed by atoms with Crippen LogP contribution in [0, 0.1) is 5.41 Å². The number of rotatable bonds is 3. The molecule has 2 saturated heterocycles. The highest BCUT2D eigenvalue weighted by Gasteiger charge is 2.49. The molecular formula is C16H22N4O2. The minimum absolute atomic E-state index is 0.0258. The molecule has 0 bridgehead atoms. The van der Waals surface area contributed by atoms with Gasteiger partial charge in [0.2, 0.25) is 5.91 Å². The summed E-state index contributed by atoms with van der Waals surface area (Å²) < 4.78 is 1.62. The minimum atomic E-state index is -0.390. The number of amides is 2. The summed E-state index contributed by atoms with van der Waals surface area (Å²) in [5.74, 6) is 0.151. The first-order valence-electron chi connectivity index (χ1n) is 7.74. The highest BCUT2D eigenvalue weighted by Crippen LogP contribution is 2.40. The molecular weight excluding hydrogens is 280 g/mol. The van der Waals surface area contributed by atoms with Crippen LogP contribution in [0.1, 0.15) is 29.6 Å². The third-order valence-electron chi connectivity index (χ3n) is 4.77. The number of hydrogen-bond donors (Lipinski definition) is 0. The second-order valence-electron chi connectivity index (χ2n) is 6.30. The van der Waals surface area contributed by atoms with Crippen LogP contribution in [0.25, 0.3) is 0 Å². The van der Waals surface area contributed by atoms with Crippen LogP contribution in [-0.4, -0.2) is 57.6 Å². The quantitative estimate of drug-likeness (QED) is 0.785. The lowest BCUT2D eigenvalue weighted by Gasteiger charge is -2.38. The van der Waals surface area contributed by atoms with E-state index in [1.807, 2.05) is 9.80 Å². The summed E-state index contributed by atoms with van der Waals surface area (Å²) in [7, 11) is 1.79. The number of aromatic nitrogens is 2. The molecule has 118 valence electrons. The smallest absolute Gasteiger partial charge is 0.257 e. The molecule has 1 aromatic heterocycles. The van der Waals surface area contributed by atoms with Gasteiger partial charge in [0.25, 0.3) is 5.91 Å². The van der Waals surface area contributed by atoms with E-state index in [9.17, 15) is 9.59 Å². The van der Waals surface area contributed by atoms with E-state index in [-0.39, 0.29) is 17.2 Å². The molecule has 2 aliphatic rings. The molecule has 1 aromatic rings. The standard InChI is InChI=1S/C16H22N4O2/c1-3-7-19-9-6-16(15(19)22)5-4-8-20(12-16)14(21)13-10-17-18(2)11-13/h3,10-11H,1,4-9,12H2,2H3/t16-/m1/s1. The summed E-state index contributed by atoms with van der Waals surface area (Å²) in [4.78, 5) is 29.0. The number of likely N-dealkylation sites (tertiary alicyclic amines) is 2. The molecule has 0 unspecified atom stereocenters. The predicted molar refractivity (Wildman–Crippen MR) is 82.2 cm³/mol. The largest absolute Gasteiger partial charge is 0.338 e. The van der Waals surface area contributed by atoms with Crippen LogP contribution in [0.15, 0.2) is 25.0 Å². The lowest BCUT2D eigenvalue weighted by molar-refractivity contribution is -0.137. The number of hydrogen-bond acceptors (Lipinski definition) is 3. The molecule has 3 rings (SSSR count). The van der Waals surface area contributed by atoms with Crippen LogP contribution >= 0.6 is 0 Å². The molecule has 0 saturated carbocycles. The Morgan fingerprint density at radius 3 is 2.95 bits per heavy atom. The molecule has 6 heteroatoms. The van der Waals surface area contributed by atoms with E-state index in [4.69, 9.17) is 0 Å². The Balaban J connectivity index is 1.76. The Kier molecular flexibility index (Phi) is 3.76. The van der Waals surface area contributed by atoms with Gasteiger partial charge in [-0.2, -0.15) is 5.10 Å². The average Bonchev–Trinajstić information content (AvgIpc) is 3.07. The zero-order chi connectivity index (χ0) is 15.7. The lowest BCUT2D eigenvalue weighted by Crippen LogP contribution is -2.49.